The van der Waals surface area contributed by atoms with Crippen LogP contribution in [0.5, 0.6) is 0 Å². The smallest absolute Gasteiger partial charge is 0.194 e. The zero-order chi connectivity index (χ0) is 21.5. The van der Waals surface area contributed by atoms with Crippen LogP contribution in [0.25, 0.3) is 10.9 Å². The highest BCUT2D eigenvalue weighted by Crippen LogP contribution is 2.35. The standard InChI is InChI=1S/C25H30ClN3O/c1-25(2,3)16-28-12-10-17(11-13-28)21-15-29(27)23-9-8-18(14-20(21)23)24(30)19-6-4-5-7-22(19)26/h4-9,14-15,17H,10-13,16,27H2,1-3H3. The highest BCUT2D eigenvalue weighted by atomic mass is 35.5. The van der Waals surface area contributed by atoms with Crippen LogP contribution in [0.4, 0.5) is 0 Å². The summed E-state index contributed by atoms with van der Waals surface area (Å²) in [5.41, 5.74) is 3.69. The van der Waals surface area contributed by atoms with Crippen molar-refractivity contribution in [1.82, 2.24) is 9.58 Å². The van der Waals surface area contributed by atoms with Crippen LogP contribution in [0.1, 0.15) is 61.0 Å². The van der Waals surface area contributed by atoms with Crippen molar-refractivity contribution in [3.05, 3.63) is 70.4 Å². The van der Waals surface area contributed by atoms with Crippen molar-refractivity contribution in [3.63, 3.8) is 0 Å². The predicted octanol–water partition coefficient (Wildman–Crippen LogP) is 5.47. The summed E-state index contributed by atoms with van der Waals surface area (Å²) < 4.78 is 1.69. The first-order chi connectivity index (χ1) is 14.2. The third-order valence-corrected chi connectivity index (χ3v) is 6.30. The second kappa shape index (κ2) is 8.09. The van der Waals surface area contributed by atoms with E-state index in [0.29, 0.717) is 27.5 Å². The average molecular weight is 424 g/mol. The molecule has 1 aromatic heterocycles. The second-order valence-electron chi connectivity index (χ2n) is 9.64. The van der Waals surface area contributed by atoms with E-state index < -0.39 is 0 Å². The molecule has 0 bridgehead atoms. The summed E-state index contributed by atoms with van der Waals surface area (Å²) in [7, 11) is 0. The summed E-state index contributed by atoms with van der Waals surface area (Å²) in [6.07, 6.45) is 4.26. The van der Waals surface area contributed by atoms with Gasteiger partial charge in [-0.05, 0) is 73.2 Å². The Morgan fingerprint density at radius 2 is 1.83 bits per heavy atom. The molecule has 2 heterocycles. The van der Waals surface area contributed by atoms with Crippen LogP contribution in [0.2, 0.25) is 5.02 Å². The first-order valence-electron chi connectivity index (χ1n) is 10.6. The Morgan fingerprint density at radius 1 is 1.13 bits per heavy atom. The lowest BCUT2D eigenvalue weighted by atomic mass is 9.87. The number of halogens is 1. The van der Waals surface area contributed by atoms with Gasteiger partial charge in [0, 0.05) is 29.3 Å². The van der Waals surface area contributed by atoms with Crippen LogP contribution in [0.3, 0.4) is 0 Å². The van der Waals surface area contributed by atoms with E-state index in [1.807, 2.05) is 36.5 Å². The lowest BCUT2D eigenvalue weighted by Crippen LogP contribution is -2.38. The van der Waals surface area contributed by atoms with Crippen LogP contribution in [0, 0.1) is 5.41 Å². The van der Waals surface area contributed by atoms with Crippen molar-refractivity contribution in [2.24, 2.45) is 5.41 Å². The maximum Gasteiger partial charge on any atom is 0.194 e. The molecule has 5 heteroatoms. The predicted molar refractivity (Wildman–Crippen MR) is 125 cm³/mol. The highest BCUT2D eigenvalue weighted by molar-refractivity contribution is 6.35. The van der Waals surface area contributed by atoms with Gasteiger partial charge in [0.05, 0.1) is 10.5 Å². The van der Waals surface area contributed by atoms with E-state index in [9.17, 15) is 4.79 Å². The molecule has 2 aromatic carbocycles. The molecule has 1 saturated heterocycles. The van der Waals surface area contributed by atoms with Gasteiger partial charge >= 0.3 is 0 Å². The maximum absolute atomic E-state index is 13.1. The van der Waals surface area contributed by atoms with E-state index in [2.05, 4.69) is 25.7 Å². The molecular weight excluding hydrogens is 394 g/mol. The summed E-state index contributed by atoms with van der Waals surface area (Å²) in [4.78, 5) is 15.6. The SMILES string of the molecule is CC(C)(C)CN1CCC(c2cn(N)c3ccc(C(=O)c4ccccc4Cl)cc23)CC1. The number of hydrogen-bond acceptors (Lipinski definition) is 3. The highest BCUT2D eigenvalue weighted by Gasteiger charge is 2.26. The molecule has 0 saturated carbocycles. The van der Waals surface area contributed by atoms with Crippen molar-refractivity contribution in [1.29, 1.82) is 0 Å². The number of fused-ring (bicyclic) bond motifs is 1. The maximum atomic E-state index is 13.1. The van der Waals surface area contributed by atoms with Crippen molar-refractivity contribution in [3.8, 4) is 0 Å². The van der Waals surface area contributed by atoms with E-state index in [1.54, 1.807) is 16.8 Å². The molecule has 1 fully saturated rings. The summed E-state index contributed by atoms with van der Waals surface area (Å²) in [5.74, 6) is 6.66. The first-order valence-corrected chi connectivity index (χ1v) is 11.0. The molecule has 0 amide bonds. The quantitative estimate of drug-likeness (QED) is 0.447. The number of aromatic nitrogens is 1. The van der Waals surface area contributed by atoms with Crippen LogP contribution in [-0.2, 0) is 0 Å². The van der Waals surface area contributed by atoms with E-state index >= 15 is 0 Å². The Kier molecular flexibility index (Phi) is 5.65. The normalized spacial score (nSPS) is 16.3. The first kappa shape index (κ1) is 21.0. The van der Waals surface area contributed by atoms with Crippen LogP contribution in [0.15, 0.2) is 48.7 Å². The van der Waals surface area contributed by atoms with E-state index in [1.165, 1.54) is 5.56 Å². The number of hydrogen-bond donors (Lipinski definition) is 1. The van der Waals surface area contributed by atoms with Gasteiger partial charge in [-0.2, -0.15) is 0 Å². The van der Waals surface area contributed by atoms with Gasteiger partial charge in [-0.3, -0.25) is 9.47 Å². The van der Waals surface area contributed by atoms with Crippen molar-refractivity contribution < 1.29 is 4.79 Å². The third kappa shape index (κ3) is 4.26. The molecule has 2 N–H and O–H groups in total. The lowest BCUT2D eigenvalue weighted by Gasteiger charge is -2.36. The monoisotopic (exact) mass is 423 g/mol. The molecule has 0 aliphatic carbocycles. The molecule has 1 aliphatic heterocycles. The molecule has 0 unspecified atom stereocenters. The van der Waals surface area contributed by atoms with Gasteiger partial charge in [-0.1, -0.05) is 44.5 Å². The van der Waals surface area contributed by atoms with Gasteiger partial charge < -0.3 is 10.7 Å². The summed E-state index contributed by atoms with van der Waals surface area (Å²) in [5, 5.41) is 1.55. The lowest BCUT2D eigenvalue weighted by molar-refractivity contribution is 0.103. The number of nitrogen functional groups attached to an aromatic ring is 1. The zero-order valence-corrected chi connectivity index (χ0v) is 18.7. The Hall–Kier alpha value is -2.30. The van der Waals surface area contributed by atoms with Gasteiger partial charge in [0.15, 0.2) is 5.78 Å². The minimum atomic E-state index is -0.0572. The van der Waals surface area contributed by atoms with Crippen molar-refractivity contribution in [2.45, 2.75) is 39.5 Å². The van der Waals surface area contributed by atoms with Gasteiger partial charge in [-0.25, -0.2) is 0 Å². The fraction of sp³-hybridized carbons (Fsp3) is 0.400. The van der Waals surface area contributed by atoms with Gasteiger partial charge in [0.25, 0.3) is 0 Å². The second-order valence-corrected chi connectivity index (χ2v) is 10.1. The van der Waals surface area contributed by atoms with E-state index in [-0.39, 0.29) is 5.78 Å². The molecule has 30 heavy (non-hydrogen) atoms. The molecule has 3 aromatic rings. The molecule has 158 valence electrons. The number of carbonyl (C=O) groups is 1. The Labute approximate surface area is 183 Å². The average Bonchev–Trinajstić information content (AvgIpc) is 3.03. The number of benzene rings is 2. The number of nitrogens with two attached hydrogens (primary N) is 1. The van der Waals surface area contributed by atoms with Gasteiger partial charge in [0.1, 0.15) is 0 Å². The largest absolute Gasteiger partial charge is 0.339 e. The third-order valence-electron chi connectivity index (χ3n) is 5.97. The fourth-order valence-electron chi connectivity index (χ4n) is 4.62. The molecule has 0 radical (unpaired) electrons. The zero-order valence-electron chi connectivity index (χ0n) is 18.0. The van der Waals surface area contributed by atoms with Gasteiger partial charge in [0.2, 0.25) is 0 Å². The van der Waals surface area contributed by atoms with Crippen LogP contribution in [-0.4, -0.2) is 35.0 Å². The van der Waals surface area contributed by atoms with Crippen molar-refractivity contribution >= 4 is 28.3 Å². The topological polar surface area (TPSA) is 51.3 Å². The molecule has 0 spiro atoms. The van der Waals surface area contributed by atoms with Gasteiger partial charge in [-0.15, -0.1) is 0 Å². The number of nitrogens with zero attached hydrogens (tertiary/aromatic N) is 2. The van der Waals surface area contributed by atoms with E-state index in [0.717, 1.165) is 43.4 Å². The van der Waals surface area contributed by atoms with E-state index in [4.69, 9.17) is 17.4 Å². The Balaban J connectivity index is 1.62. The Morgan fingerprint density at radius 3 is 2.50 bits per heavy atom. The molecule has 4 nitrogen and oxygen atoms in total. The van der Waals surface area contributed by atoms with Crippen LogP contribution >= 0.6 is 11.6 Å². The minimum absolute atomic E-state index is 0.0572. The molecular formula is C25H30ClN3O. The Bertz CT molecular complexity index is 1070. The number of ketones is 1. The summed E-state index contributed by atoms with van der Waals surface area (Å²) >= 11 is 6.25. The molecule has 4 rings (SSSR count). The number of likely N-dealkylation sites (tertiary alicyclic amines) is 1. The molecule has 1 aliphatic rings. The van der Waals surface area contributed by atoms with Crippen LogP contribution < -0.4 is 5.84 Å². The minimum Gasteiger partial charge on any atom is -0.339 e. The number of rotatable bonds is 4. The summed E-state index contributed by atoms with van der Waals surface area (Å²) in [6.45, 7) is 10.2. The molecule has 0 atom stereocenters. The number of carbonyl (C=O) groups excluding carboxylic acids is 1. The summed E-state index contributed by atoms with van der Waals surface area (Å²) in [6, 6.07) is 13.0. The number of piperidine rings is 1. The fourth-order valence-corrected chi connectivity index (χ4v) is 4.84. The van der Waals surface area contributed by atoms with Crippen molar-refractivity contribution in [2.75, 3.05) is 25.5 Å².